The molecule has 0 atom stereocenters. The van der Waals surface area contributed by atoms with E-state index in [1.54, 1.807) is 19.2 Å². The lowest BCUT2D eigenvalue weighted by molar-refractivity contribution is -0.116. The van der Waals surface area contributed by atoms with E-state index in [0.29, 0.717) is 11.3 Å². The van der Waals surface area contributed by atoms with Gasteiger partial charge in [-0.15, -0.1) is 0 Å². The van der Waals surface area contributed by atoms with Gasteiger partial charge in [0.15, 0.2) is 0 Å². The van der Waals surface area contributed by atoms with Crippen molar-refractivity contribution >= 4 is 33.4 Å². The van der Waals surface area contributed by atoms with Gasteiger partial charge in [-0.1, -0.05) is 24.3 Å². The second kappa shape index (κ2) is 7.42. The van der Waals surface area contributed by atoms with Crippen LogP contribution in [0.15, 0.2) is 46.9 Å². The van der Waals surface area contributed by atoms with E-state index in [0.717, 1.165) is 15.6 Å². The largest absolute Gasteiger partial charge is 0.332 e. The van der Waals surface area contributed by atoms with Gasteiger partial charge in [0, 0.05) is 17.1 Å². The van der Waals surface area contributed by atoms with Crippen LogP contribution in [0.3, 0.4) is 0 Å². The first-order chi connectivity index (χ1) is 10.9. The van der Waals surface area contributed by atoms with Crippen LogP contribution in [0.1, 0.15) is 21.5 Å². The lowest BCUT2D eigenvalue weighted by atomic mass is 10.0. The second-order valence-corrected chi connectivity index (χ2v) is 6.29. The van der Waals surface area contributed by atoms with Gasteiger partial charge in [0.25, 0.3) is 5.91 Å². The zero-order valence-corrected chi connectivity index (χ0v) is 15.0. The first-order valence-corrected chi connectivity index (χ1v) is 8.05. The molecule has 0 bridgehead atoms. The summed E-state index contributed by atoms with van der Waals surface area (Å²) in [7, 11) is 1.63. The van der Waals surface area contributed by atoms with Crippen molar-refractivity contribution in [2.24, 2.45) is 0 Å². The fourth-order valence-electron chi connectivity index (χ4n) is 2.23. The van der Waals surface area contributed by atoms with Crippen LogP contribution in [0.5, 0.6) is 0 Å². The van der Waals surface area contributed by atoms with Crippen LogP contribution < -0.4 is 5.32 Å². The number of amides is 2. The topological polar surface area (TPSA) is 49.4 Å². The van der Waals surface area contributed by atoms with Gasteiger partial charge < -0.3 is 10.2 Å². The maximum Gasteiger partial charge on any atom is 0.254 e. The van der Waals surface area contributed by atoms with Gasteiger partial charge in [0.05, 0.1) is 12.2 Å². The number of nitrogens with one attached hydrogen (secondary N) is 1. The Kier molecular flexibility index (Phi) is 5.55. The quantitative estimate of drug-likeness (QED) is 0.884. The maximum absolute atomic E-state index is 12.5. The first kappa shape index (κ1) is 17.2. The van der Waals surface area contributed by atoms with Crippen LogP contribution in [-0.2, 0) is 4.79 Å². The molecule has 0 spiro atoms. The molecule has 2 aromatic rings. The molecular weight excluding hydrogens is 356 g/mol. The lowest BCUT2D eigenvalue weighted by Gasteiger charge is -2.19. The molecule has 0 fully saturated rings. The summed E-state index contributed by atoms with van der Waals surface area (Å²) in [5.41, 5.74) is 3.31. The van der Waals surface area contributed by atoms with E-state index in [9.17, 15) is 9.59 Å². The van der Waals surface area contributed by atoms with Crippen molar-refractivity contribution in [1.82, 2.24) is 4.90 Å². The van der Waals surface area contributed by atoms with Crippen LogP contribution in [0.25, 0.3) is 0 Å². The zero-order chi connectivity index (χ0) is 17.0. The zero-order valence-electron chi connectivity index (χ0n) is 13.4. The summed E-state index contributed by atoms with van der Waals surface area (Å²) in [5, 5.41) is 2.79. The fourth-order valence-corrected chi connectivity index (χ4v) is 2.61. The summed E-state index contributed by atoms with van der Waals surface area (Å²) in [6.45, 7) is 3.87. The number of carbonyl (C=O) groups excluding carboxylic acids is 2. The molecule has 2 amide bonds. The SMILES string of the molecule is Cc1cccc(C(=O)N(C)CC(=O)Nc2ccccc2Br)c1C. The third-order valence-electron chi connectivity index (χ3n) is 3.71. The van der Waals surface area contributed by atoms with E-state index >= 15 is 0 Å². The van der Waals surface area contributed by atoms with E-state index in [1.807, 2.05) is 44.2 Å². The molecule has 23 heavy (non-hydrogen) atoms. The number of hydrogen-bond acceptors (Lipinski definition) is 2. The summed E-state index contributed by atoms with van der Waals surface area (Å²) < 4.78 is 0.803. The van der Waals surface area contributed by atoms with Crippen LogP contribution in [0.4, 0.5) is 5.69 Å². The number of rotatable bonds is 4. The third kappa shape index (κ3) is 4.20. The number of aryl methyl sites for hydroxylation is 1. The highest BCUT2D eigenvalue weighted by Gasteiger charge is 2.17. The number of benzene rings is 2. The molecule has 0 heterocycles. The second-order valence-electron chi connectivity index (χ2n) is 5.44. The van der Waals surface area contributed by atoms with E-state index in [2.05, 4.69) is 21.2 Å². The molecule has 2 rings (SSSR count). The van der Waals surface area contributed by atoms with Crippen molar-refractivity contribution in [3.8, 4) is 0 Å². The highest BCUT2D eigenvalue weighted by atomic mass is 79.9. The minimum Gasteiger partial charge on any atom is -0.332 e. The Morgan fingerprint density at radius 3 is 2.48 bits per heavy atom. The summed E-state index contributed by atoms with van der Waals surface area (Å²) in [6, 6.07) is 13.0. The first-order valence-electron chi connectivity index (χ1n) is 7.26. The number of nitrogens with zero attached hydrogens (tertiary/aromatic N) is 1. The number of hydrogen-bond donors (Lipinski definition) is 1. The summed E-state index contributed by atoms with van der Waals surface area (Å²) in [6.07, 6.45) is 0. The van der Waals surface area contributed by atoms with Gasteiger partial charge >= 0.3 is 0 Å². The molecule has 1 N–H and O–H groups in total. The third-order valence-corrected chi connectivity index (χ3v) is 4.40. The predicted octanol–water partition coefficient (Wildman–Crippen LogP) is 3.78. The molecule has 5 heteroatoms. The van der Waals surface area contributed by atoms with E-state index in [1.165, 1.54) is 4.90 Å². The van der Waals surface area contributed by atoms with Crippen LogP contribution in [0.2, 0.25) is 0 Å². The molecule has 0 aromatic heterocycles. The Morgan fingerprint density at radius 2 is 1.78 bits per heavy atom. The van der Waals surface area contributed by atoms with Gasteiger partial charge in [-0.25, -0.2) is 0 Å². The number of likely N-dealkylation sites (N-methyl/N-ethyl adjacent to an activating group) is 1. The highest BCUT2D eigenvalue weighted by molar-refractivity contribution is 9.10. The average Bonchev–Trinajstić information content (AvgIpc) is 2.51. The van der Waals surface area contributed by atoms with E-state index in [-0.39, 0.29) is 18.4 Å². The van der Waals surface area contributed by atoms with E-state index in [4.69, 9.17) is 0 Å². The minimum atomic E-state index is -0.238. The summed E-state index contributed by atoms with van der Waals surface area (Å²) in [4.78, 5) is 26.1. The Labute approximate surface area is 144 Å². The highest BCUT2D eigenvalue weighted by Crippen LogP contribution is 2.21. The van der Waals surface area contributed by atoms with Crippen molar-refractivity contribution in [3.05, 3.63) is 63.6 Å². The van der Waals surface area contributed by atoms with Gasteiger partial charge in [0.2, 0.25) is 5.91 Å². The molecule has 120 valence electrons. The van der Waals surface area contributed by atoms with Crippen molar-refractivity contribution in [2.75, 3.05) is 18.9 Å². The molecule has 0 saturated carbocycles. The minimum absolute atomic E-state index is 0.00640. The van der Waals surface area contributed by atoms with Crippen molar-refractivity contribution in [2.45, 2.75) is 13.8 Å². The van der Waals surface area contributed by atoms with Crippen molar-refractivity contribution < 1.29 is 9.59 Å². The molecule has 0 unspecified atom stereocenters. The Hall–Kier alpha value is -2.14. The number of carbonyl (C=O) groups is 2. The molecule has 0 aliphatic rings. The Balaban J connectivity index is 2.05. The van der Waals surface area contributed by atoms with Gasteiger partial charge in [0.1, 0.15) is 0 Å². The average molecular weight is 375 g/mol. The van der Waals surface area contributed by atoms with Crippen molar-refractivity contribution in [1.29, 1.82) is 0 Å². The molecule has 0 saturated heterocycles. The Morgan fingerprint density at radius 1 is 1.09 bits per heavy atom. The van der Waals surface area contributed by atoms with Crippen LogP contribution in [0, 0.1) is 13.8 Å². The molecule has 4 nitrogen and oxygen atoms in total. The van der Waals surface area contributed by atoms with Crippen molar-refractivity contribution in [3.63, 3.8) is 0 Å². The summed E-state index contributed by atoms with van der Waals surface area (Å²) in [5.74, 6) is -0.397. The lowest BCUT2D eigenvalue weighted by Crippen LogP contribution is -2.35. The molecule has 0 aliphatic carbocycles. The number of para-hydroxylation sites is 1. The Bertz CT molecular complexity index is 744. The maximum atomic E-state index is 12.5. The summed E-state index contributed by atoms with van der Waals surface area (Å²) >= 11 is 3.38. The monoisotopic (exact) mass is 374 g/mol. The smallest absolute Gasteiger partial charge is 0.254 e. The van der Waals surface area contributed by atoms with Gasteiger partial charge in [-0.3, -0.25) is 9.59 Å². The van der Waals surface area contributed by atoms with E-state index < -0.39 is 0 Å². The molecule has 2 aromatic carbocycles. The predicted molar refractivity (Wildman–Crippen MR) is 95.6 cm³/mol. The van der Waals surface area contributed by atoms with Gasteiger partial charge in [-0.05, 0) is 59.1 Å². The number of halogens is 1. The molecular formula is C18H19BrN2O2. The standard InChI is InChI=1S/C18H19BrN2O2/c1-12-7-6-8-14(13(12)2)18(23)21(3)11-17(22)20-16-10-5-4-9-15(16)19/h4-10H,11H2,1-3H3,(H,20,22). The fraction of sp³-hybridized carbons (Fsp3) is 0.222. The molecule has 0 aliphatic heterocycles. The van der Waals surface area contributed by atoms with Gasteiger partial charge in [-0.2, -0.15) is 0 Å². The molecule has 0 radical (unpaired) electrons. The van der Waals surface area contributed by atoms with Crippen LogP contribution in [-0.4, -0.2) is 30.3 Å². The van der Waals surface area contributed by atoms with Crippen LogP contribution >= 0.6 is 15.9 Å². The normalized spacial score (nSPS) is 10.3. The number of anilines is 1.